The fraction of sp³-hybridized carbons (Fsp3) is 0.684. The summed E-state index contributed by atoms with van der Waals surface area (Å²) >= 11 is 0. The normalized spacial score (nSPS) is 12.6. The number of hydrogen-bond donors (Lipinski definition) is 0. The molecule has 0 aliphatic heterocycles. The van der Waals surface area contributed by atoms with E-state index >= 15 is 0 Å². The first-order chi connectivity index (χ1) is 9.31. The van der Waals surface area contributed by atoms with Crippen molar-refractivity contribution >= 4 is 0 Å². The second-order valence-corrected chi connectivity index (χ2v) is 5.83. The third-order valence-electron chi connectivity index (χ3n) is 4.06. The van der Waals surface area contributed by atoms with Crippen molar-refractivity contribution < 1.29 is 0 Å². The summed E-state index contributed by atoms with van der Waals surface area (Å²) in [6, 6.07) is 9.48. The van der Waals surface area contributed by atoms with Gasteiger partial charge in [0.25, 0.3) is 0 Å². The zero-order valence-corrected chi connectivity index (χ0v) is 13.3. The van der Waals surface area contributed by atoms with Crippen molar-refractivity contribution in [1.29, 1.82) is 0 Å². The molecule has 1 aromatic carbocycles. The summed E-state index contributed by atoms with van der Waals surface area (Å²) in [6.07, 6.45) is 12.0. The molecule has 0 aromatic heterocycles. The van der Waals surface area contributed by atoms with Gasteiger partial charge in [-0.05, 0) is 42.7 Å². The van der Waals surface area contributed by atoms with Gasteiger partial charge in [0.15, 0.2) is 0 Å². The van der Waals surface area contributed by atoms with E-state index < -0.39 is 0 Å². The van der Waals surface area contributed by atoms with Crippen molar-refractivity contribution in [3.8, 4) is 0 Å². The molecule has 0 saturated heterocycles. The maximum atomic E-state index is 2.39. The first-order valence-corrected chi connectivity index (χ1v) is 8.40. The molecule has 0 bridgehead atoms. The van der Waals surface area contributed by atoms with Gasteiger partial charge in [-0.2, -0.15) is 0 Å². The van der Waals surface area contributed by atoms with Crippen LogP contribution in [0.15, 0.2) is 24.3 Å². The van der Waals surface area contributed by atoms with E-state index in [1.54, 1.807) is 5.56 Å². The molecule has 0 saturated carbocycles. The Balaban J connectivity index is 2.57. The zero-order chi connectivity index (χ0) is 13.9. The van der Waals surface area contributed by atoms with Gasteiger partial charge in [0, 0.05) is 0 Å². The molecule has 0 spiro atoms. The summed E-state index contributed by atoms with van der Waals surface area (Å²) in [7, 11) is 0. The van der Waals surface area contributed by atoms with Crippen molar-refractivity contribution in [3.63, 3.8) is 0 Å². The third-order valence-corrected chi connectivity index (χ3v) is 4.06. The number of rotatable bonds is 10. The Kier molecular flexibility index (Phi) is 8.62. The summed E-state index contributed by atoms with van der Waals surface area (Å²) in [5.41, 5.74) is 3.08. The van der Waals surface area contributed by atoms with Crippen LogP contribution in [0.25, 0.3) is 0 Å². The van der Waals surface area contributed by atoms with Crippen LogP contribution in [0.2, 0.25) is 0 Å². The summed E-state index contributed by atoms with van der Waals surface area (Å²) in [5.74, 6) is 0.789. The van der Waals surface area contributed by atoms with Crippen LogP contribution in [0.4, 0.5) is 0 Å². The van der Waals surface area contributed by atoms with Crippen LogP contribution in [0.5, 0.6) is 0 Å². The Morgan fingerprint density at radius 2 is 1.42 bits per heavy atom. The highest BCUT2D eigenvalue weighted by Crippen LogP contribution is 2.27. The molecule has 108 valence electrons. The lowest BCUT2D eigenvalue weighted by atomic mass is 9.88. The predicted molar refractivity (Wildman–Crippen MR) is 86.8 cm³/mol. The van der Waals surface area contributed by atoms with E-state index in [1.807, 2.05) is 0 Å². The lowest BCUT2D eigenvalue weighted by Gasteiger charge is -2.17. The third kappa shape index (κ3) is 6.27. The molecule has 0 heterocycles. The second kappa shape index (κ2) is 10.1. The summed E-state index contributed by atoms with van der Waals surface area (Å²) in [6.45, 7) is 6.86. The van der Waals surface area contributed by atoms with Crippen LogP contribution in [0, 0.1) is 0 Å². The van der Waals surface area contributed by atoms with Gasteiger partial charge in [0.2, 0.25) is 0 Å². The average molecular weight is 260 g/mol. The van der Waals surface area contributed by atoms with Gasteiger partial charge in [-0.1, -0.05) is 77.1 Å². The SMILES string of the molecule is CCCCCC(CCC)c1ccc(CCCC)cc1. The van der Waals surface area contributed by atoms with E-state index in [-0.39, 0.29) is 0 Å². The van der Waals surface area contributed by atoms with E-state index in [0.717, 1.165) is 5.92 Å². The number of unbranched alkanes of at least 4 members (excludes halogenated alkanes) is 3. The molecule has 19 heavy (non-hydrogen) atoms. The van der Waals surface area contributed by atoms with Gasteiger partial charge in [0.05, 0.1) is 0 Å². The number of aryl methyl sites for hydroxylation is 1. The van der Waals surface area contributed by atoms with E-state index in [9.17, 15) is 0 Å². The molecule has 1 rings (SSSR count). The molecule has 0 nitrogen and oxygen atoms in total. The van der Waals surface area contributed by atoms with Crippen LogP contribution >= 0.6 is 0 Å². The molecule has 0 aliphatic carbocycles. The monoisotopic (exact) mass is 260 g/mol. The Labute approximate surface area is 120 Å². The highest BCUT2D eigenvalue weighted by atomic mass is 14.1. The smallest absolute Gasteiger partial charge is 0.0162 e. The first kappa shape index (κ1) is 16.3. The van der Waals surface area contributed by atoms with E-state index in [4.69, 9.17) is 0 Å². The quantitative estimate of drug-likeness (QED) is 0.422. The van der Waals surface area contributed by atoms with Crippen LogP contribution < -0.4 is 0 Å². The van der Waals surface area contributed by atoms with Crippen LogP contribution in [-0.4, -0.2) is 0 Å². The maximum absolute atomic E-state index is 2.39. The van der Waals surface area contributed by atoms with Gasteiger partial charge in [0.1, 0.15) is 0 Å². The lowest BCUT2D eigenvalue weighted by molar-refractivity contribution is 0.529. The van der Waals surface area contributed by atoms with Gasteiger partial charge in [-0.3, -0.25) is 0 Å². The molecule has 0 N–H and O–H groups in total. The molecule has 0 amide bonds. The van der Waals surface area contributed by atoms with E-state index in [0.29, 0.717) is 0 Å². The second-order valence-electron chi connectivity index (χ2n) is 5.83. The van der Waals surface area contributed by atoms with Crippen molar-refractivity contribution in [2.45, 2.75) is 84.5 Å². The molecule has 0 aliphatic rings. The lowest BCUT2D eigenvalue weighted by Crippen LogP contribution is -1.99. The summed E-state index contributed by atoms with van der Waals surface area (Å²) in [5, 5.41) is 0. The standard InChI is InChI=1S/C19H32/c1-4-7-9-12-18(10-6-3)19-15-13-17(14-16-19)11-8-5-2/h13-16,18H,4-12H2,1-3H3. The molecular weight excluding hydrogens is 228 g/mol. The summed E-state index contributed by atoms with van der Waals surface area (Å²) in [4.78, 5) is 0. The highest BCUT2D eigenvalue weighted by molar-refractivity contribution is 5.25. The fourth-order valence-electron chi connectivity index (χ4n) is 2.80. The highest BCUT2D eigenvalue weighted by Gasteiger charge is 2.10. The summed E-state index contributed by atoms with van der Waals surface area (Å²) < 4.78 is 0. The predicted octanol–water partition coefficient (Wildman–Crippen LogP) is 6.49. The Morgan fingerprint density at radius 1 is 0.737 bits per heavy atom. The van der Waals surface area contributed by atoms with E-state index in [1.165, 1.54) is 63.4 Å². The minimum Gasteiger partial charge on any atom is -0.0654 e. The van der Waals surface area contributed by atoms with E-state index in [2.05, 4.69) is 45.0 Å². The van der Waals surface area contributed by atoms with Gasteiger partial charge in [-0.25, -0.2) is 0 Å². The van der Waals surface area contributed by atoms with Crippen molar-refractivity contribution in [3.05, 3.63) is 35.4 Å². The molecular formula is C19H32. The largest absolute Gasteiger partial charge is 0.0654 e. The first-order valence-electron chi connectivity index (χ1n) is 8.40. The van der Waals surface area contributed by atoms with Gasteiger partial charge >= 0.3 is 0 Å². The van der Waals surface area contributed by atoms with Gasteiger partial charge in [-0.15, -0.1) is 0 Å². The maximum Gasteiger partial charge on any atom is -0.0162 e. The Morgan fingerprint density at radius 3 is 2.00 bits per heavy atom. The number of benzene rings is 1. The Bertz CT molecular complexity index is 309. The Hall–Kier alpha value is -0.780. The molecule has 0 radical (unpaired) electrons. The van der Waals surface area contributed by atoms with Crippen molar-refractivity contribution in [2.75, 3.05) is 0 Å². The van der Waals surface area contributed by atoms with Crippen LogP contribution in [0.3, 0.4) is 0 Å². The van der Waals surface area contributed by atoms with Crippen LogP contribution in [-0.2, 0) is 6.42 Å². The molecule has 1 atom stereocenters. The topological polar surface area (TPSA) is 0 Å². The number of hydrogen-bond acceptors (Lipinski definition) is 0. The minimum atomic E-state index is 0.789. The zero-order valence-electron chi connectivity index (χ0n) is 13.3. The molecule has 1 aromatic rings. The van der Waals surface area contributed by atoms with Crippen molar-refractivity contribution in [1.82, 2.24) is 0 Å². The average Bonchev–Trinajstić information content (AvgIpc) is 2.45. The molecule has 1 unspecified atom stereocenters. The molecule has 0 fully saturated rings. The van der Waals surface area contributed by atoms with Crippen molar-refractivity contribution in [2.24, 2.45) is 0 Å². The fourth-order valence-corrected chi connectivity index (χ4v) is 2.80. The van der Waals surface area contributed by atoms with Crippen LogP contribution in [0.1, 0.15) is 89.2 Å². The molecule has 0 heteroatoms. The van der Waals surface area contributed by atoms with Gasteiger partial charge < -0.3 is 0 Å². The minimum absolute atomic E-state index is 0.789.